The number of aromatic nitrogens is 2. The standard InChI is InChI=1S/C23H22N4S/c1-16-13-17(2)15-18(14-16)21-5-3-4-6-22(21)27-23(11-12-25-27)26-28-20-9-7-19(24)8-10-20/h3-15,26H,24H2,1-2H3. The summed E-state index contributed by atoms with van der Waals surface area (Å²) in [6.07, 6.45) is 1.81. The number of nitrogen functional groups attached to an aromatic ring is 1. The van der Waals surface area contributed by atoms with Gasteiger partial charge in [0.2, 0.25) is 0 Å². The number of para-hydroxylation sites is 1. The molecule has 140 valence electrons. The molecule has 0 unspecified atom stereocenters. The Labute approximate surface area is 169 Å². The van der Waals surface area contributed by atoms with E-state index >= 15 is 0 Å². The van der Waals surface area contributed by atoms with E-state index in [1.165, 1.54) is 28.6 Å². The zero-order valence-electron chi connectivity index (χ0n) is 15.9. The van der Waals surface area contributed by atoms with E-state index in [2.05, 4.69) is 60.1 Å². The van der Waals surface area contributed by atoms with E-state index in [1.807, 2.05) is 47.3 Å². The molecule has 3 N–H and O–H groups in total. The van der Waals surface area contributed by atoms with Crippen LogP contribution in [0.15, 0.2) is 83.9 Å². The highest BCUT2D eigenvalue weighted by Crippen LogP contribution is 2.31. The monoisotopic (exact) mass is 386 g/mol. The van der Waals surface area contributed by atoms with Crippen LogP contribution in [0.25, 0.3) is 16.8 Å². The van der Waals surface area contributed by atoms with Crippen molar-refractivity contribution in [2.75, 3.05) is 10.5 Å². The molecule has 0 radical (unpaired) electrons. The molecular formula is C23H22N4S. The average molecular weight is 387 g/mol. The molecule has 4 rings (SSSR count). The van der Waals surface area contributed by atoms with Crippen LogP contribution in [0.4, 0.5) is 11.5 Å². The van der Waals surface area contributed by atoms with Crippen molar-refractivity contribution in [3.05, 3.63) is 90.1 Å². The third-order valence-electron chi connectivity index (χ3n) is 4.46. The number of nitrogens with two attached hydrogens (primary N) is 1. The number of anilines is 2. The Bertz CT molecular complexity index is 1080. The van der Waals surface area contributed by atoms with Crippen LogP contribution < -0.4 is 10.5 Å². The highest BCUT2D eigenvalue weighted by atomic mass is 32.2. The van der Waals surface area contributed by atoms with Gasteiger partial charge in [-0.2, -0.15) is 5.10 Å². The molecule has 0 aliphatic rings. The van der Waals surface area contributed by atoms with Gasteiger partial charge in [0, 0.05) is 22.2 Å². The molecule has 1 aromatic heterocycles. The second kappa shape index (κ2) is 7.82. The Morgan fingerprint density at radius 1 is 0.893 bits per heavy atom. The first-order valence-corrected chi connectivity index (χ1v) is 9.92. The molecule has 1 heterocycles. The lowest BCUT2D eigenvalue weighted by Gasteiger charge is -2.14. The predicted octanol–water partition coefficient (Wildman–Crippen LogP) is 5.86. The minimum atomic E-state index is 0.761. The van der Waals surface area contributed by atoms with Gasteiger partial charge in [-0.3, -0.25) is 0 Å². The van der Waals surface area contributed by atoms with Crippen LogP contribution >= 0.6 is 11.9 Å². The van der Waals surface area contributed by atoms with E-state index in [0.717, 1.165) is 27.7 Å². The van der Waals surface area contributed by atoms with Crippen LogP contribution in [0.1, 0.15) is 11.1 Å². The fourth-order valence-electron chi connectivity index (χ4n) is 3.25. The summed E-state index contributed by atoms with van der Waals surface area (Å²) < 4.78 is 5.35. The molecule has 4 aromatic rings. The molecule has 0 saturated carbocycles. The van der Waals surface area contributed by atoms with Crippen molar-refractivity contribution in [2.24, 2.45) is 0 Å². The van der Waals surface area contributed by atoms with Crippen molar-refractivity contribution in [3.8, 4) is 16.8 Å². The minimum absolute atomic E-state index is 0.761. The summed E-state index contributed by atoms with van der Waals surface area (Å²) in [7, 11) is 0. The average Bonchev–Trinajstić information content (AvgIpc) is 3.15. The van der Waals surface area contributed by atoms with Gasteiger partial charge >= 0.3 is 0 Å². The fraction of sp³-hybridized carbons (Fsp3) is 0.0870. The van der Waals surface area contributed by atoms with Crippen molar-refractivity contribution in [3.63, 3.8) is 0 Å². The van der Waals surface area contributed by atoms with Crippen molar-refractivity contribution < 1.29 is 0 Å². The van der Waals surface area contributed by atoms with Gasteiger partial charge in [-0.05, 0) is 61.7 Å². The van der Waals surface area contributed by atoms with Crippen molar-refractivity contribution >= 4 is 23.5 Å². The molecule has 0 amide bonds. The Balaban J connectivity index is 1.67. The summed E-state index contributed by atoms with van der Waals surface area (Å²) in [4.78, 5) is 1.09. The summed E-state index contributed by atoms with van der Waals surface area (Å²) in [6, 6.07) is 24.7. The van der Waals surface area contributed by atoms with Crippen molar-refractivity contribution in [1.29, 1.82) is 0 Å². The highest BCUT2D eigenvalue weighted by molar-refractivity contribution is 8.00. The van der Waals surface area contributed by atoms with Crippen molar-refractivity contribution in [2.45, 2.75) is 18.7 Å². The number of aryl methyl sites for hydroxylation is 2. The van der Waals surface area contributed by atoms with Crippen LogP contribution in [0.2, 0.25) is 0 Å². The lowest BCUT2D eigenvalue weighted by Crippen LogP contribution is -2.03. The molecular weight excluding hydrogens is 364 g/mol. The van der Waals surface area contributed by atoms with E-state index in [9.17, 15) is 0 Å². The normalized spacial score (nSPS) is 10.8. The molecule has 0 atom stereocenters. The van der Waals surface area contributed by atoms with Gasteiger partial charge in [0.1, 0.15) is 5.82 Å². The molecule has 4 nitrogen and oxygen atoms in total. The second-order valence-electron chi connectivity index (χ2n) is 6.79. The van der Waals surface area contributed by atoms with Gasteiger partial charge in [-0.25, -0.2) is 4.68 Å². The summed E-state index contributed by atoms with van der Waals surface area (Å²) >= 11 is 1.54. The second-order valence-corrected chi connectivity index (χ2v) is 7.67. The van der Waals surface area contributed by atoms with Gasteiger partial charge in [-0.1, -0.05) is 47.5 Å². The number of nitrogens with zero attached hydrogens (tertiary/aromatic N) is 2. The Morgan fingerprint density at radius 3 is 2.36 bits per heavy atom. The lowest BCUT2D eigenvalue weighted by atomic mass is 9.99. The maximum absolute atomic E-state index is 5.77. The van der Waals surface area contributed by atoms with Gasteiger partial charge in [0.25, 0.3) is 0 Å². The topological polar surface area (TPSA) is 55.9 Å². The number of hydrogen-bond donors (Lipinski definition) is 2. The Morgan fingerprint density at radius 2 is 1.61 bits per heavy atom. The SMILES string of the molecule is Cc1cc(C)cc(-c2ccccc2-n2nccc2NSc2ccc(N)cc2)c1. The summed E-state index contributed by atoms with van der Waals surface area (Å²) in [5, 5.41) is 4.56. The third kappa shape index (κ3) is 3.89. The minimum Gasteiger partial charge on any atom is -0.399 e. The van der Waals surface area contributed by atoms with E-state index in [-0.39, 0.29) is 0 Å². The van der Waals surface area contributed by atoms with Gasteiger partial charge in [0.15, 0.2) is 0 Å². The predicted molar refractivity (Wildman–Crippen MR) is 119 cm³/mol. The zero-order valence-corrected chi connectivity index (χ0v) is 16.7. The zero-order chi connectivity index (χ0) is 19.5. The maximum atomic E-state index is 5.77. The summed E-state index contributed by atoms with van der Waals surface area (Å²) in [5.41, 5.74) is 12.4. The first-order valence-electron chi connectivity index (χ1n) is 9.11. The first kappa shape index (κ1) is 18.2. The molecule has 0 aliphatic carbocycles. The Hall–Kier alpha value is -3.18. The van der Waals surface area contributed by atoms with Crippen LogP contribution in [0.3, 0.4) is 0 Å². The summed E-state index contributed by atoms with van der Waals surface area (Å²) in [6.45, 7) is 4.26. The van der Waals surface area contributed by atoms with Crippen LogP contribution in [-0.4, -0.2) is 9.78 Å². The molecule has 5 heteroatoms. The van der Waals surface area contributed by atoms with Gasteiger partial charge in [-0.15, -0.1) is 0 Å². The van der Waals surface area contributed by atoms with Gasteiger partial charge in [0.05, 0.1) is 11.9 Å². The summed E-state index contributed by atoms with van der Waals surface area (Å²) in [5.74, 6) is 0.915. The third-order valence-corrected chi connectivity index (χ3v) is 5.28. The van der Waals surface area contributed by atoms with Crippen LogP contribution in [-0.2, 0) is 0 Å². The number of hydrogen-bond acceptors (Lipinski definition) is 4. The molecule has 28 heavy (non-hydrogen) atoms. The quantitative estimate of drug-likeness (QED) is 0.333. The van der Waals surface area contributed by atoms with Crippen LogP contribution in [0, 0.1) is 13.8 Å². The van der Waals surface area contributed by atoms with E-state index in [1.54, 1.807) is 0 Å². The van der Waals surface area contributed by atoms with Crippen molar-refractivity contribution in [1.82, 2.24) is 9.78 Å². The number of nitrogens with one attached hydrogen (secondary N) is 1. The highest BCUT2D eigenvalue weighted by Gasteiger charge is 2.12. The molecule has 0 spiro atoms. The van der Waals surface area contributed by atoms with E-state index in [4.69, 9.17) is 5.73 Å². The number of benzene rings is 3. The molecule has 0 saturated heterocycles. The smallest absolute Gasteiger partial charge is 0.139 e. The lowest BCUT2D eigenvalue weighted by molar-refractivity contribution is 0.893. The van der Waals surface area contributed by atoms with E-state index < -0.39 is 0 Å². The Kier molecular flexibility index (Phi) is 5.08. The molecule has 0 fully saturated rings. The van der Waals surface area contributed by atoms with Crippen LogP contribution in [0.5, 0.6) is 0 Å². The molecule has 3 aromatic carbocycles. The fourth-order valence-corrected chi connectivity index (χ4v) is 3.90. The molecule has 0 bridgehead atoms. The van der Waals surface area contributed by atoms with E-state index in [0.29, 0.717) is 0 Å². The first-order chi connectivity index (χ1) is 13.6. The maximum Gasteiger partial charge on any atom is 0.139 e. The largest absolute Gasteiger partial charge is 0.399 e. The molecule has 0 aliphatic heterocycles. The number of rotatable bonds is 5. The van der Waals surface area contributed by atoms with Gasteiger partial charge < -0.3 is 10.5 Å².